The van der Waals surface area contributed by atoms with Crippen LogP contribution in [0.4, 0.5) is 13.2 Å². The molecule has 0 saturated carbocycles. The van der Waals surface area contributed by atoms with Gasteiger partial charge in [-0.2, -0.15) is 18.2 Å². The van der Waals surface area contributed by atoms with Crippen LogP contribution in [-0.2, 0) is 6.18 Å². The van der Waals surface area contributed by atoms with E-state index in [-0.39, 0.29) is 24.2 Å². The van der Waals surface area contributed by atoms with Gasteiger partial charge in [-0.25, -0.2) is 4.98 Å². The second kappa shape index (κ2) is 5.34. The molecule has 6 nitrogen and oxygen atoms in total. The Balaban J connectivity index is 1.70. The minimum atomic E-state index is -4.66. The van der Waals surface area contributed by atoms with Crippen molar-refractivity contribution in [1.29, 1.82) is 0 Å². The summed E-state index contributed by atoms with van der Waals surface area (Å²) in [7, 11) is 0. The van der Waals surface area contributed by atoms with Crippen molar-refractivity contribution in [2.75, 3.05) is 13.1 Å². The van der Waals surface area contributed by atoms with E-state index in [4.69, 9.17) is 0 Å². The predicted octanol–water partition coefficient (Wildman–Crippen LogP) is 2.48. The lowest BCUT2D eigenvalue weighted by Crippen LogP contribution is -2.28. The van der Waals surface area contributed by atoms with Gasteiger partial charge in [0.05, 0.1) is 5.01 Å². The van der Waals surface area contributed by atoms with E-state index < -0.39 is 12.1 Å². The summed E-state index contributed by atoms with van der Waals surface area (Å²) in [5.41, 5.74) is 0.354. The van der Waals surface area contributed by atoms with Gasteiger partial charge in [0.2, 0.25) is 0 Å². The van der Waals surface area contributed by atoms with E-state index in [9.17, 15) is 18.0 Å². The Kier molecular flexibility index (Phi) is 3.63. The molecule has 0 N–H and O–H groups in total. The maximum atomic E-state index is 12.4. The van der Waals surface area contributed by atoms with Crippen molar-refractivity contribution >= 4 is 17.2 Å². The topological polar surface area (TPSA) is 72.1 Å². The maximum absolute atomic E-state index is 12.4. The molecule has 0 aliphatic carbocycles. The second-order valence-corrected chi connectivity index (χ2v) is 6.01. The van der Waals surface area contributed by atoms with Gasteiger partial charge in [0.25, 0.3) is 5.91 Å². The van der Waals surface area contributed by atoms with Crippen molar-refractivity contribution in [3.63, 3.8) is 0 Å². The molecule has 1 aliphatic heterocycles. The standard InChI is InChI=1S/C12H11F3N4O2S/c1-6-16-8(5-22-6)10(20)19-3-2-7(4-19)9-17-11(21-18-9)12(13,14)15/h5,7H,2-4H2,1H3/t7-/m0/s1. The van der Waals surface area contributed by atoms with Crippen molar-refractivity contribution in [2.24, 2.45) is 0 Å². The van der Waals surface area contributed by atoms with Gasteiger partial charge in [-0.3, -0.25) is 4.79 Å². The van der Waals surface area contributed by atoms with E-state index in [2.05, 4.69) is 19.6 Å². The quantitative estimate of drug-likeness (QED) is 0.845. The minimum Gasteiger partial charge on any atom is -0.337 e. The molecule has 0 spiro atoms. The zero-order valence-electron chi connectivity index (χ0n) is 11.4. The fraction of sp³-hybridized carbons (Fsp3) is 0.500. The molecular weight excluding hydrogens is 321 g/mol. The molecule has 22 heavy (non-hydrogen) atoms. The van der Waals surface area contributed by atoms with Crippen LogP contribution in [0.3, 0.4) is 0 Å². The van der Waals surface area contributed by atoms with Crippen LogP contribution in [0.2, 0.25) is 0 Å². The van der Waals surface area contributed by atoms with Crippen LogP contribution < -0.4 is 0 Å². The lowest BCUT2D eigenvalue weighted by Gasteiger charge is -2.14. The van der Waals surface area contributed by atoms with Gasteiger partial charge in [0, 0.05) is 24.4 Å². The molecule has 0 bridgehead atoms. The zero-order chi connectivity index (χ0) is 15.9. The molecule has 2 aromatic heterocycles. The summed E-state index contributed by atoms with van der Waals surface area (Å²) in [4.78, 5) is 21.3. The first-order valence-electron chi connectivity index (χ1n) is 6.47. The Hall–Kier alpha value is -1.97. The largest absolute Gasteiger partial charge is 0.471 e. The van der Waals surface area contributed by atoms with Gasteiger partial charge in [-0.1, -0.05) is 5.16 Å². The molecule has 3 heterocycles. The number of aromatic nitrogens is 3. The first-order chi connectivity index (χ1) is 10.3. The summed E-state index contributed by atoms with van der Waals surface area (Å²) < 4.78 is 41.6. The molecule has 1 atom stereocenters. The van der Waals surface area contributed by atoms with Crippen molar-refractivity contribution in [1.82, 2.24) is 20.0 Å². The average molecular weight is 332 g/mol. The SMILES string of the molecule is Cc1nc(C(=O)N2CC[C@H](c3noc(C(F)(F)F)n3)C2)cs1. The molecule has 1 aliphatic rings. The zero-order valence-corrected chi connectivity index (χ0v) is 12.2. The number of likely N-dealkylation sites (tertiary alicyclic amines) is 1. The number of carbonyl (C=O) groups is 1. The summed E-state index contributed by atoms with van der Waals surface area (Å²) in [5.74, 6) is -1.96. The highest BCUT2D eigenvalue weighted by molar-refractivity contribution is 7.09. The Labute approximate surface area is 127 Å². The Morgan fingerprint density at radius 2 is 2.23 bits per heavy atom. The van der Waals surface area contributed by atoms with Gasteiger partial charge in [0.15, 0.2) is 5.82 Å². The molecule has 3 rings (SSSR count). The van der Waals surface area contributed by atoms with Gasteiger partial charge in [-0.15, -0.1) is 11.3 Å². The van der Waals surface area contributed by atoms with E-state index in [0.29, 0.717) is 18.7 Å². The number of halogens is 3. The molecule has 0 aromatic carbocycles. The van der Waals surface area contributed by atoms with Crippen LogP contribution in [0, 0.1) is 6.92 Å². The molecule has 1 fully saturated rings. The number of amides is 1. The van der Waals surface area contributed by atoms with Crippen LogP contribution in [0.5, 0.6) is 0 Å². The van der Waals surface area contributed by atoms with Crippen molar-refractivity contribution < 1.29 is 22.5 Å². The molecular formula is C12H11F3N4O2S. The Morgan fingerprint density at radius 3 is 2.82 bits per heavy atom. The van der Waals surface area contributed by atoms with Crippen LogP contribution in [0.1, 0.15) is 39.5 Å². The maximum Gasteiger partial charge on any atom is 0.471 e. The fourth-order valence-electron chi connectivity index (χ4n) is 2.29. The molecule has 2 aromatic rings. The Bertz CT molecular complexity index is 697. The molecule has 118 valence electrons. The number of thiazole rings is 1. The summed E-state index contributed by atoms with van der Waals surface area (Å²) in [6, 6.07) is 0. The summed E-state index contributed by atoms with van der Waals surface area (Å²) in [5, 5.41) is 5.83. The molecule has 1 amide bonds. The minimum absolute atomic E-state index is 0.0166. The third-order valence-electron chi connectivity index (χ3n) is 3.36. The van der Waals surface area contributed by atoms with E-state index in [0.717, 1.165) is 5.01 Å². The van der Waals surface area contributed by atoms with Crippen molar-refractivity contribution in [3.8, 4) is 0 Å². The third kappa shape index (κ3) is 2.82. The van der Waals surface area contributed by atoms with Crippen LogP contribution >= 0.6 is 11.3 Å². The van der Waals surface area contributed by atoms with E-state index in [1.54, 1.807) is 17.2 Å². The highest BCUT2D eigenvalue weighted by Gasteiger charge is 2.40. The molecule has 0 radical (unpaired) electrons. The highest BCUT2D eigenvalue weighted by atomic mass is 32.1. The number of aryl methyl sites for hydroxylation is 1. The summed E-state index contributed by atoms with van der Waals surface area (Å²) in [6.45, 7) is 2.48. The molecule has 10 heteroatoms. The summed E-state index contributed by atoms with van der Waals surface area (Å²) in [6.07, 6.45) is -4.16. The fourth-order valence-corrected chi connectivity index (χ4v) is 2.88. The van der Waals surface area contributed by atoms with Crippen molar-refractivity contribution in [2.45, 2.75) is 25.4 Å². The third-order valence-corrected chi connectivity index (χ3v) is 4.14. The lowest BCUT2D eigenvalue weighted by atomic mass is 10.1. The molecule has 0 unspecified atom stereocenters. The van der Waals surface area contributed by atoms with E-state index in [1.165, 1.54) is 11.3 Å². The number of rotatable bonds is 2. The first-order valence-corrected chi connectivity index (χ1v) is 7.35. The van der Waals surface area contributed by atoms with Crippen molar-refractivity contribution in [3.05, 3.63) is 27.8 Å². The number of nitrogens with zero attached hydrogens (tertiary/aromatic N) is 4. The van der Waals surface area contributed by atoms with E-state index >= 15 is 0 Å². The summed E-state index contributed by atoms with van der Waals surface area (Å²) >= 11 is 1.37. The second-order valence-electron chi connectivity index (χ2n) is 4.94. The number of hydrogen-bond acceptors (Lipinski definition) is 6. The number of alkyl halides is 3. The van der Waals surface area contributed by atoms with Crippen LogP contribution in [0.15, 0.2) is 9.90 Å². The number of carbonyl (C=O) groups excluding carboxylic acids is 1. The monoisotopic (exact) mass is 332 g/mol. The van der Waals surface area contributed by atoms with Gasteiger partial charge < -0.3 is 9.42 Å². The van der Waals surface area contributed by atoms with Crippen LogP contribution in [-0.4, -0.2) is 39.0 Å². The predicted molar refractivity (Wildman–Crippen MR) is 69.4 cm³/mol. The normalized spacial score (nSPS) is 18.9. The highest BCUT2D eigenvalue weighted by Crippen LogP contribution is 2.31. The number of hydrogen-bond donors (Lipinski definition) is 0. The molecule has 1 saturated heterocycles. The van der Waals surface area contributed by atoms with Gasteiger partial charge >= 0.3 is 12.1 Å². The average Bonchev–Trinajstić information content (AvgIpc) is 3.16. The first kappa shape index (κ1) is 14.9. The lowest BCUT2D eigenvalue weighted by molar-refractivity contribution is -0.159. The van der Waals surface area contributed by atoms with Gasteiger partial charge in [-0.05, 0) is 13.3 Å². The van der Waals surface area contributed by atoms with Gasteiger partial charge in [0.1, 0.15) is 5.69 Å². The smallest absolute Gasteiger partial charge is 0.337 e. The Morgan fingerprint density at radius 1 is 1.45 bits per heavy atom. The van der Waals surface area contributed by atoms with Crippen LogP contribution in [0.25, 0.3) is 0 Å². The van der Waals surface area contributed by atoms with E-state index in [1.807, 2.05) is 0 Å².